The van der Waals surface area contributed by atoms with Crippen molar-refractivity contribution in [3.8, 4) is 17.4 Å². The molecular formula is C40H42N8O7S. The number of alkyl carbamates (subject to hydrolysis) is 1. The minimum absolute atomic E-state index is 0.0121. The zero-order valence-electron chi connectivity index (χ0n) is 30.5. The predicted octanol–water partition coefficient (Wildman–Crippen LogP) is 4.22. The van der Waals surface area contributed by atoms with Crippen molar-refractivity contribution in [3.05, 3.63) is 83.9 Å². The SMILES string of the molecule is O=C(N[C@H]1CCCC/C=C\[C@@H]2C[C@@]2(C(=O)NNC(=O)c2ccccc2)NC(=O)[C@@H]2C[C@@H](Oc3nc(-c4ccccn4)nc4ccsc34)CN2C1=O)OC1CCC1. The van der Waals surface area contributed by atoms with E-state index in [4.69, 9.17) is 14.5 Å². The molecule has 2 saturated carbocycles. The summed E-state index contributed by atoms with van der Waals surface area (Å²) in [6.45, 7) is 0.0121. The first-order valence-corrected chi connectivity index (χ1v) is 19.9. The standard InChI is InChI=1S/C40H42N8O7S/c49-34(24-11-4-3-5-12-24)46-47-38(52)40-22-25(40)13-6-1-2-7-17-30(43-39(53)55-26-14-10-15-26)37(51)48-23-27(21-31(48)35(50)45-40)54-36-32-28(18-20-56-32)42-33(44-36)29-16-8-9-19-41-29/h3-6,8-9,11-13,16,18-20,25-27,30-31H,1-2,7,10,14-15,17,21-23H2,(H,43,53)(H,45,50)(H,46,49)(H,47,52)/b13-6-/t25-,27-,30+,31+,40-/m1/s1. The number of carbonyl (C=O) groups is 5. The number of carbonyl (C=O) groups excluding carboxylic acids is 5. The van der Waals surface area contributed by atoms with Gasteiger partial charge in [-0.1, -0.05) is 42.8 Å². The molecule has 56 heavy (non-hydrogen) atoms. The molecule has 0 spiro atoms. The maximum Gasteiger partial charge on any atom is 0.408 e. The van der Waals surface area contributed by atoms with Gasteiger partial charge in [-0.05, 0) is 80.7 Å². The summed E-state index contributed by atoms with van der Waals surface area (Å²) in [5.74, 6) is -1.77. The van der Waals surface area contributed by atoms with Gasteiger partial charge in [-0.3, -0.25) is 35.0 Å². The molecule has 290 valence electrons. The molecule has 1 saturated heterocycles. The maximum absolute atomic E-state index is 14.5. The molecule has 2 aliphatic heterocycles. The molecule has 0 radical (unpaired) electrons. The number of nitrogens with one attached hydrogen (secondary N) is 4. The van der Waals surface area contributed by atoms with Crippen molar-refractivity contribution in [3.63, 3.8) is 0 Å². The number of allylic oxidation sites excluding steroid dienone is 1. The van der Waals surface area contributed by atoms with E-state index < -0.39 is 53.4 Å². The van der Waals surface area contributed by atoms with Crippen LogP contribution < -0.4 is 26.2 Å². The molecule has 0 bridgehead atoms. The van der Waals surface area contributed by atoms with Gasteiger partial charge < -0.3 is 25.0 Å². The highest BCUT2D eigenvalue weighted by molar-refractivity contribution is 7.17. The van der Waals surface area contributed by atoms with Crippen LogP contribution >= 0.6 is 11.3 Å². The molecule has 3 fully saturated rings. The van der Waals surface area contributed by atoms with Gasteiger partial charge in [-0.2, -0.15) is 4.98 Å². The maximum atomic E-state index is 14.5. The Bertz CT molecular complexity index is 2150. The topological polar surface area (TPSA) is 194 Å². The monoisotopic (exact) mass is 778 g/mol. The number of aromatic nitrogens is 3. The molecule has 4 aliphatic rings. The number of fused-ring (bicyclic) bond motifs is 3. The highest BCUT2D eigenvalue weighted by Gasteiger charge is 2.61. The van der Waals surface area contributed by atoms with Gasteiger partial charge in [0.15, 0.2) is 5.82 Å². The lowest BCUT2D eigenvalue weighted by atomic mass is 9.96. The van der Waals surface area contributed by atoms with Gasteiger partial charge in [0.05, 0.1) is 12.1 Å². The van der Waals surface area contributed by atoms with E-state index in [1.807, 2.05) is 29.7 Å². The van der Waals surface area contributed by atoms with Crippen LogP contribution in [0.15, 0.2) is 78.3 Å². The average molecular weight is 779 g/mol. The molecule has 5 heterocycles. The third-order valence-electron chi connectivity index (χ3n) is 10.8. The highest BCUT2D eigenvalue weighted by Crippen LogP contribution is 2.45. The fourth-order valence-electron chi connectivity index (χ4n) is 7.38. The van der Waals surface area contributed by atoms with Crippen molar-refractivity contribution >= 4 is 51.3 Å². The Hall–Kier alpha value is -5.90. The lowest BCUT2D eigenvalue weighted by Gasteiger charge is -2.31. The quantitative estimate of drug-likeness (QED) is 0.156. The van der Waals surface area contributed by atoms with Crippen LogP contribution in [0.5, 0.6) is 5.88 Å². The summed E-state index contributed by atoms with van der Waals surface area (Å²) in [4.78, 5) is 83.8. The van der Waals surface area contributed by atoms with Crippen LogP contribution in [0.25, 0.3) is 21.7 Å². The number of hydrogen-bond donors (Lipinski definition) is 4. The Labute approximate surface area is 326 Å². The Kier molecular flexibility index (Phi) is 10.6. The van der Waals surface area contributed by atoms with Crippen LogP contribution in [0.2, 0.25) is 0 Å². The molecule has 2 aliphatic carbocycles. The van der Waals surface area contributed by atoms with Gasteiger partial charge in [-0.25, -0.2) is 9.78 Å². The number of benzene rings is 1. The van der Waals surface area contributed by atoms with Crippen LogP contribution in [-0.4, -0.2) is 85.9 Å². The summed E-state index contributed by atoms with van der Waals surface area (Å²) in [7, 11) is 0. The number of pyridine rings is 1. The molecule has 4 N–H and O–H groups in total. The number of nitrogens with zero attached hydrogens (tertiary/aromatic N) is 4. The van der Waals surface area contributed by atoms with Gasteiger partial charge in [0.25, 0.3) is 11.8 Å². The first kappa shape index (κ1) is 37.0. The molecule has 1 aromatic carbocycles. The van der Waals surface area contributed by atoms with Gasteiger partial charge in [0, 0.05) is 24.1 Å². The van der Waals surface area contributed by atoms with E-state index in [1.54, 1.807) is 48.7 Å². The third-order valence-corrected chi connectivity index (χ3v) is 11.7. The number of ether oxygens (including phenoxy) is 2. The largest absolute Gasteiger partial charge is 0.471 e. The Morgan fingerprint density at radius 2 is 1.77 bits per heavy atom. The number of rotatable bonds is 7. The summed E-state index contributed by atoms with van der Waals surface area (Å²) in [6, 6.07) is 13.7. The van der Waals surface area contributed by atoms with Crippen LogP contribution in [0, 0.1) is 5.92 Å². The lowest BCUT2D eigenvalue weighted by Crippen LogP contribution is -2.59. The number of thiophene rings is 1. The first-order valence-electron chi connectivity index (χ1n) is 19.0. The lowest BCUT2D eigenvalue weighted by molar-refractivity contribution is -0.141. The normalized spacial score (nSPS) is 25.7. The Morgan fingerprint density at radius 1 is 0.929 bits per heavy atom. The smallest absolute Gasteiger partial charge is 0.408 e. The fourth-order valence-corrected chi connectivity index (χ4v) is 8.14. The van der Waals surface area contributed by atoms with Crippen molar-refractivity contribution in [2.45, 2.75) is 87.6 Å². The summed E-state index contributed by atoms with van der Waals surface area (Å²) < 4.78 is 12.8. The van der Waals surface area contributed by atoms with Crippen molar-refractivity contribution in [2.75, 3.05) is 6.54 Å². The summed E-state index contributed by atoms with van der Waals surface area (Å²) in [6.07, 6.45) is 9.26. The van der Waals surface area contributed by atoms with E-state index in [-0.39, 0.29) is 25.0 Å². The Morgan fingerprint density at radius 3 is 2.55 bits per heavy atom. The summed E-state index contributed by atoms with van der Waals surface area (Å²) in [5.41, 5.74) is 5.19. The molecule has 3 aromatic heterocycles. The molecule has 0 unspecified atom stereocenters. The molecule has 8 rings (SSSR count). The molecule has 5 amide bonds. The number of amides is 5. The molecule has 5 atom stereocenters. The van der Waals surface area contributed by atoms with Crippen LogP contribution in [0.3, 0.4) is 0 Å². The third kappa shape index (κ3) is 7.92. The van der Waals surface area contributed by atoms with E-state index in [0.29, 0.717) is 58.9 Å². The first-order chi connectivity index (χ1) is 27.3. The zero-order valence-corrected chi connectivity index (χ0v) is 31.3. The number of hydrazine groups is 1. The highest BCUT2D eigenvalue weighted by atomic mass is 32.1. The van der Waals surface area contributed by atoms with Crippen LogP contribution in [-0.2, 0) is 19.1 Å². The molecule has 16 heteroatoms. The minimum Gasteiger partial charge on any atom is -0.471 e. The fraction of sp³-hybridized carbons (Fsp3) is 0.400. The van der Waals surface area contributed by atoms with E-state index in [1.165, 1.54) is 16.2 Å². The van der Waals surface area contributed by atoms with Crippen LogP contribution in [0.1, 0.15) is 68.1 Å². The summed E-state index contributed by atoms with van der Waals surface area (Å²) in [5, 5.41) is 7.65. The van der Waals surface area contributed by atoms with Gasteiger partial charge in [-0.15, -0.1) is 11.3 Å². The molecule has 4 aromatic rings. The van der Waals surface area contributed by atoms with E-state index in [2.05, 4.69) is 31.5 Å². The zero-order chi connectivity index (χ0) is 38.6. The van der Waals surface area contributed by atoms with Crippen molar-refractivity contribution in [1.29, 1.82) is 0 Å². The predicted molar refractivity (Wildman–Crippen MR) is 205 cm³/mol. The van der Waals surface area contributed by atoms with Crippen molar-refractivity contribution in [2.24, 2.45) is 5.92 Å². The minimum atomic E-state index is -1.37. The van der Waals surface area contributed by atoms with Crippen LogP contribution in [0.4, 0.5) is 4.79 Å². The average Bonchev–Trinajstić information content (AvgIpc) is 3.47. The second kappa shape index (κ2) is 16.1. The van der Waals surface area contributed by atoms with Gasteiger partial charge >= 0.3 is 6.09 Å². The van der Waals surface area contributed by atoms with E-state index >= 15 is 0 Å². The van der Waals surface area contributed by atoms with E-state index in [0.717, 1.165) is 25.7 Å². The molecular weight excluding hydrogens is 737 g/mol. The molecule has 15 nitrogen and oxygen atoms in total. The van der Waals surface area contributed by atoms with E-state index in [9.17, 15) is 24.0 Å². The van der Waals surface area contributed by atoms with Crippen molar-refractivity contribution < 1.29 is 33.4 Å². The van der Waals surface area contributed by atoms with Gasteiger partial charge in [0.1, 0.15) is 40.2 Å². The second-order valence-electron chi connectivity index (χ2n) is 14.6. The second-order valence-corrected chi connectivity index (χ2v) is 15.5. The van der Waals surface area contributed by atoms with Crippen molar-refractivity contribution in [1.82, 2.24) is 41.3 Å². The summed E-state index contributed by atoms with van der Waals surface area (Å²) >= 11 is 1.41. The number of hydrogen-bond acceptors (Lipinski definition) is 11. The Balaban J connectivity index is 1.07. The van der Waals surface area contributed by atoms with Gasteiger partial charge in [0.2, 0.25) is 17.7 Å².